The molecule has 21 heavy (non-hydrogen) atoms. The Morgan fingerprint density at radius 1 is 0.857 bits per heavy atom. The first-order valence-corrected chi connectivity index (χ1v) is 7.20. The predicted octanol–water partition coefficient (Wildman–Crippen LogP) is 3.10. The molecule has 0 saturated heterocycles. The number of aryl methyl sites for hydroxylation is 2. The van der Waals surface area contributed by atoms with Crippen LogP contribution in [0.15, 0.2) is 18.2 Å². The quantitative estimate of drug-likeness (QED) is 0.757. The lowest BCUT2D eigenvalue weighted by atomic mass is 10.1. The van der Waals surface area contributed by atoms with E-state index in [1.165, 1.54) is 5.56 Å². The molecule has 112 valence electrons. The number of nitrogens with zero attached hydrogens (tertiary/aromatic N) is 3. The van der Waals surface area contributed by atoms with E-state index in [0.29, 0.717) is 17.8 Å². The van der Waals surface area contributed by atoms with Gasteiger partial charge in [-0.3, -0.25) is 0 Å². The van der Waals surface area contributed by atoms with Gasteiger partial charge in [0.05, 0.1) is 0 Å². The summed E-state index contributed by atoms with van der Waals surface area (Å²) in [5.74, 6) is 1.66. The predicted molar refractivity (Wildman–Crippen MR) is 87.4 cm³/mol. The number of hydrogen-bond donors (Lipinski definition) is 3. The zero-order valence-electron chi connectivity index (χ0n) is 13.0. The van der Waals surface area contributed by atoms with E-state index in [1.54, 1.807) is 0 Å². The molecule has 1 aromatic carbocycles. The fourth-order valence-electron chi connectivity index (χ4n) is 1.90. The summed E-state index contributed by atoms with van der Waals surface area (Å²) in [7, 11) is 0. The monoisotopic (exact) mass is 286 g/mol. The highest BCUT2D eigenvalue weighted by Gasteiger charge is 2.07. The maximum absolute atomic E-state index is 4.39. The van der Waals surface area contributed by atoms with E-state index in [-0.39, 0.29) is 0 Å². The molecule has 0 bridgehead atoms. The van der Waals surface area contributed by atoms with Gasteiger partial charge in [0.2, 0.25) is 17.8 Å². The van der Waals surface area contributed by atoms with Gasteiger partial charge in [0, 0.05) is 18.8 Å². The summed E-state index contributed by atoms with van der Waals surface area (Å²) >= 11 is 0. The van der Waals surface area contributed by atoms with Gasteiger partial charge in [0.1, 0.15) is 0 Å². The highest BCUT2D eigenvalue weighted by atomic mass is 15.3. The molecular weight excluding hydrogens is 264 g/mol. The van der Waals surface area contributed by atoms with Crippen molar-refractivity contribution in [2.45, 2.75) is 27.7 Å². The Hall–Kier alpha value is -2.37. The van der Waals surface area contributed by atoms with Crippen LogP contribution in [-0.4, -0.2) is 28.0 Å². The first-order valence-electron chi connectivity index (χ1n) is 7.20. The van der Waals surface area contributed by atoms with Crippen molar-refractivity contribution in [2.24, 2.45) is 0 Å². The molecule has 0 radical (unpaired) electrons. The summed E-state index contributed by atoms with van der Waals surface area (Å²) in [5.41, 5.74) is 3.35. The average molecular weight is 286 g/mol. The highest BCUT2D eigenvalue weighted by Crippen LogP contribution is 2.20. The molecule has 2 aromatic rings. The van der Waals surface area contributed by atoms with Crippen LogP contribution in [0.3, 0.4) is 0 Å². The molecule has 1 aromatic heterocycles. The minimum atomic E-state index is 0.533. The second-order valence-electron chi connectivity index (χ2n) is 4.81. The van der Waals surface area contributed by atoms with Gasteiger partial charge in [-0.1, -0.05) is 12.1 Å². The Kier molecular flexibility index (Phi) is 4.92. The number of nitrogens with one attached hydrogen (secondary N) is 3. The number of aromatic nitrogens is 3. The molecular formula is C15H22N6. The van der Waals surface area contributed by atoms with Crippen LogP contribution in [0, 0.1) is 13.8 Å². The zero-order chi connectivity index (χ0) is 15.2. The summed E-state index contributed by atoms with van der Waals surface area (Å²) < 4.78 is 0. The topological polar surface area (TPSA) is 74.8 Å². The third kappa shape index (κ3) is 4.05. The minimum Gasteiger partial charge on any atom is -0.354 e. The fourth-order valence-corrected chi connectivity index (χ4v) is 1.90. The van der Waals surface area contributed by atoms with Crippen molar-refractivity contribution in [3.63, 3.8) is 0 Å². The smallest absolute Gasteiger partial charge is 0.233 e. The molecule has 0 spiro atoms. The Labute approximate surface area is 125 Å². The molecule has 3 N–H and O–H groups in total. The van der Waals surface area contributed by atoms with Crippen LogP contribution < -0.4 is 16.0 Å². The van der Waals surface area contributed by atoms with Crippen molar-refractivity contribution in [1.29, 1.82) is 0 Å². The molecule has 0 aliphatic rings. The normalized spacial score (nSPS) is 10.3. The summed E-state index contributed by atoms with van der Waals surface area (Å²) in [6.07, 6.45) is 0. The molecule has 6 heteroatoms. The van der Waals surface area contributed by atoms with Crippen LogP contribution in [0.4, 0.5) is 23.5 Å². The fraction of sp³-hybridized carbons (Fsp3) is 0.400. The standard InChI is InChI=1S/C15H22N6/c1-5-16-13-19-14(17-6-2)21-15(20-13)18-12-9-10(3)7-8-11(12)4/h7-9H,5-6H2,1-4H3,(H3,16,17,18,19,20,21). The van der Waals surface area contributed by atoms with Crippen LogP contribution in [0.2, 0.25) is 0 Å². The molecule has 1 heterocycles. The van der Waals surface area contributed by atoms with E-state index in [4.69, 9.17) is 0 Å². The molecule has 0 saturated carbocycles. The average Bonchev–Trinajstić information content (AvgIpc) is 2.43. The molecule has 0 fully saturated rings. The number of benzene rings is 1. The molecule has 6 nitrogen and oxygen atoms in total. The summed E-state index contributed by atoms with van der Waals surface area (Å²) in [6, 6.07) is 6.25. The maximum Gasteiger partial charge on any atom is 0.233 e. The van der Waals surface area contributed by atoms with Crippen molar-refractivity contribution in [1.82, 2.24) is 15.0 Å². The lowest BCUT2D eigenvalue weighted by molar-refractivity contribution is 1.00. The van der Waals surface area contributed by atoms with Gasteiger partial charge >= 0.3 is 0 Å². The van der Waals surface area contributed by atoms with Crippen LogP contribution >= 0.6 is 0 Å². The first-order chi connectivity index (χ1) is 10.1. The van der Waals surface area contributed by atoms with Crippen LogP contribution in [0.1, 0.15) is 25.0 Å². The SMILES string of the molecule is CCNc1nc(NCC)nc(Nc2cc(C)ccc2C)n1. The van der Waals surface area contributed by atoms with Gasteiger partial charge in [0.25, 0.3) is 0 Å². The van der Waals surface area contributed by atoms with Crippen LogP contribution in [-0.2, 0) is 0 Å². The molecule has 0 aliphatic heterocycles. The second-order valence-corrected chi connectivity index (χ2v) is 4.81. The van der Waals surface area contributed by atoms with Gasteiger partial charge in [-0.2, -0.15) is 15.0 Å². The third-order valence-electron chi connectivity index (χ3n) is 2.94. The van der Waals surface area contributed by atoms with Crippen molar-refractivity contribution in [3.8, 4) is 0 Å². The third-order valence-corrected chi connectivity index (χ3v) is 2.94. The number of hydrogen-bond acceptors (Lipinski definition) is 6. The van der Waals surface area contributed by atoms with Gasteiger partial charge in [-0.15, -0.1) is 0 Å². The minimum absolute atomic E-state index is 0.533. The number of anilines is 4. The van der Waals surface area contributed by atoms with Gasteiger partial charge in [0.15, 0.2) is 0 Å². The lowest BCUT2D eigenvalue weighted by Gasteiger charge is -2.12. The molecule has 0 aliphatic carbocycles. The highest BCUT2D eigenvalue weighted by molar-refractivity contribution is 5.60. The van der Waals surface area contributed by atoms with Gasteiger partial charge < -0.3 is 16.0 Å². The molecule has 0 unspecified atom stereocenters. The van der Waals surface area contributed by atoms with E-state index in [2.05, 4.69) is 62.9 Å². The summed E-state index contributed by atoms with van der Waals surface area (Å²) in [5, 5.41) is 9.50. The Morgan fingerprint density at radius 3 is 2.00 bits per heavy atom. The van der Waals surface area contributed by atoms with E-state index in [9.17, 15) is 0 Å². The van der Waals surface area contributed by atoms with E-state index < -0.39 is 0 Å². The van der Waals surface area contributed by atoms with Crippen molar-refractivity contribution in [2.75, 3.05) is 29.0 Å². The zero-order valence-corrected chi connectivity index (χ0v) is 13.0. The summed E-state index contributed by atoms with van der Waals surface area (Å²) in [4.78, 5) is 13.1. The molecule has 2 rings (SSSR count). The molecule has 0 amide bonds. The Balaban J connectivity index is 2.31. The van der Waals surface area contributed by atoms with Crippen molar-refractivity contribution in [3.05, 3.63) is 29.3 Å². The van der Waals surface area contributed by atoms with E-state index in [0.717, 1.165) is 24.3 Å². The van der Waals surface area contributed by atoms with E-state index >= 15 is 0 Å². The van der Waals surface area contributed by atoms with Crippen molar-refractivity contribution >= 4 is 23.5 Å². The summed E-state index contributed by atoms with van der Waals surface area (Å²) in [6.45, 7) is 9.66. The van der Waals surface area contributed by atoms with Gasteiger partial charge in [-0.05, 0) is 44.9 Å². The van der Waals surface area contributed by atoms with Gasteiger partial charge in [-0.25, -0.2) is 0 Å². The van der Waals surface area contributed by atoms with Crippen LogP contribution in [0.5, 0.6) is 0 Å². The van der Waals surface area contributed by atoms with Crippen LogP contribution in [0.25, 0.3) is 0 Å². The lowest BCUT2D eigenvalue weighted by Crippen LogP contribution is -2.11. The molecule has 0 atom stereocenters. The maximum atomic E-state index is 4.39. The van der Waals surface area contributed by atoms with E-state index in [1.807, 2.05) is 13.8 Å². The Morgan fingerprint density at radius 2 is 1.43 bits per heavy atom. The Bertz CT molecular complexity index is 587. The largest absolute Gasteiger partial charge is 0.354 e. The first kappa shape index (κ1) is 15.0. The second kappa shape index (κ2) is 6.88. The van der Waals surface area contributed by atoms with Crippen molar-refractivity contribution < 1.29 is 0 Å². The number of rotatable bonds is 6.